The van der Waals surface area contributed by atoms with Crippen molar-refractivity contribution in [2.24, 2.45) is 0 Å². The number of pyridine rings is 1. The van der Waals surface area contributed by atoms with Gasteiger partial charge in [-0.05, 0) is 32.6 Å². The average molecular weight is 369 g/mol. The van der Waals surface area contributed by atoms with Crippen molar-refractivity contribution in [2.45, 2.75) is 38.6 Å². The van der Waals surface area contributed by atoms with Crippen LogP contribution in [0.5, 0.6) is 0 Å². The van der Waals surface area contributed by atoms with Crippen LogP contribution in [-0.4, -0.2) is 28.9 Å². The number of aliphatic hydroxyl groups is 1. The molecule has 1 saturated carbocycles. The van der Waals surface area contributed by atoms with E-state index in [9.17, 15) is 23.5 Å². The summed E-state index contributed by atoms with van der Waals surface area (Å²) in [5.74, 6) is -5.39. The largest absolute Gasteiger partial charge is 0.462 e. The molecule has 1 aliphatic rings. The standard InChI is InChI=1S/C18H18F3NO4/c1-3-26-18(25)10-6-22(8(2)7-23)16-12(17(10)24)14(20)13(19)11(15(16)21)9-4-5-9/h6,8-9,23H,3-5,7H2,1-2H3. The Balaban J connectivity index is 2.46. The molecule has 1 aromatic carbocycles. The Morgan fingerprint density at radius 3 is 2.50 bits per heavy atom. The zero-order chi connectivity index (χ0) is 19.2. The number of fused-ring (bicyclic) bond motifs is 1. The zero-order valence-corrected chi connectivity index (χ0v) is 14.3. The third-order valence-corrected chi connectivity index (χ3v) is 4.55. The lowest BCUT2D eigenvalue weighted by Gasteiger charge is -2.20. The number of aromatic nitrogens is 1. The van der Waals surface area contributed by atoms with Crippen LogP contribution in [0.1, 0.15) is 54.6 Å². The van der Waals surface area contributed by atoms with Gasteiger partial charge in [0.25, 0.3) is 0 Å². The van der Waals surface area contributed by atoms with Crippen molar-refractivity contribution >= 4 is 16.9 Å². The Bertz CT molecular complexity index is 950. The highest BCUT2D eigenvalue weighted by atomic mass is 19.2. The fraction of sp³-hybridized carbons (Fsp3) is 0.444. The van der Waals surface area contributed by atoms with Crippen molar-refractivity contribution in [3.05, 3.63) is 45.0 Å². The van der Waals surface area contributed by atoms with Crippen molar-refractivity contribution in [3.63, 3.8) is 0 Å². The van der Waals surface area contributed by atoms with E-state index in [2.05, 4.69) is 0 Å². The van der Waals surface area contributed by atoms with Crippen molar-refractivity contribution in [1.29, 1.82) is 0 Å². The lowest BCUT2D eigenvalue weighted by atomic mass is 10.0. The van der Waals surface area contributed by atoms with E-state index in [-0.39, 0.29) is 6.61 Å². The van der Waals surface area contributed by atoms with E-state index < -0.39 is 69.4 Å². The summed E-state index contributed by atoms with van der Waals surface area (Å²) in [6.07, 6.45) is 2.08. The predicted octanol–water partition coefficient (Wildman–Crippen LogP) is 3.03. The Morgan fingerprint density at radius 2 is 1.96 bits per heavy atom. The molecule has 1 N–H and O–H groups in total. The van der Waals surface area contributed by atoms with E-state index in [0.29, 0.717) is 12.8 Å². The van der Waals surface area contributed by atoms with E-state index in [1.54, 1.807) is 0 Å². The number of nitrogens with zero attached hydrogens (tertiary/aromatic N) is 1. The molecule has 1 fully saturated rings. The van der Waals surface area contributed by atoms with Crippen LogP contribution in [0.3, 0.4) is 0 Å². The summed E-state index contributed by atoms with van der Waals surface area (Å²) in [4.78, 5) is 24.6. The van der Waals surface area contributed by atoms with Crippen LogP contribution < -0.4 is 5.43 Å². The number of hydrogen-bond donors (Lipinski definition) is 1. The molecule has 0 spiro atoms. The third kappa shape index (κ3) is 2.78. The van der Waals surface area contributed by atoms with E-state index in [0.717, 1.165) is 10.8 Å². The highest BCUT2D eigenvalue weighted by molar-refractivity contribution is 5.94. The second-order valence-electron chi connectivity index (χ2n) is 6.38. The van der Waals surface area contributed by atoms with Gasteiger partial charge >= 0.3 is 5.97 Å². The molecule has 26 heavy (non-hydrogen) atoms. The van der Waals surface area contributed by atoms with Crippen LogP contribution in [-0.2, 0) is 4.74 Å². The molecule has 5 nitrogen and oxygen atoms in total. The molecule has 0 radical (unpaired) electrons. The Hall–Kier alpha value is -2.35. The lowest BCUT2D eigenvalue weighted by molar-refractivity contribution is 0.0523. The molecule has 0 saturated heterocycles. The van der Waals surface area contributed by atoms with Gasteiger partial charge in [0.1, 0.15) is 5.56 Å². The quantitative estimate of drug-likeness (QED) is 0.650. The second kappa shape index (κ2) is 6.75. The van der Waals surface area contributed by atoms with Crippen molar-refractivity contribution in [2.75, 3.05) is 13.2 Å². The van der Waals surface area contributed by atoms with Gasteiger partial charge in [0.15, 0.2) is 17.5 Å². The maximum atomic E-state index is 15.1. The molecule has 1 aliphatic carbocycles. The number of rotatable bonds is 5. The first-order valence-corrected chi connectivity index (χ1v) is 8.36. The Morgan fingerprint density at radius 1 is 1.31 bits per heavy atom. The normalized spacial score (nSPS) is 15.3. The number of ether oxygens (including phenoxy) is 1. The fourth-order valence-electron chi connectivity index (χ4n) is 3.03. The van der Waals surface area contributed by atoms with Gasteiger partial charge in [0.05, 0.1) is 30.2 Å². The summed E-state index contributed by atoms with van der Waals surface area (Å²) < 4.78 is 50.0. The first-order chi connectivity index (χ1) is 12.3. The van der Waals surface area contributed by atoms with E-state index >= 15 is 4.39 Å². The number of carbonyl (C=O) groups excluding carboxylic acids is 1. The summed E-state index contributed by atoms with van der Waals surface area (Å²) in [5, 5.41) is 8.60. The van der Waals surface area contributed by atoms with E-state index in [1.165, 1.54) is 13.8 Å². The molecule has 0 aliphatic heterocycles. The minimum Gasteiger partial charge on any atom is -0.462 e. The molecule has 0 amide bonds. The third-order valence-electron chi connectivity index (χ3n) is 4.55. The number of halogens is 3. The van der Waals surface area contributed by atoms with Gasteiger partial charge in [-0.15, -0.1) is 0 Å². The van der Waals surface area contributed by atoms with Crippen LogP contribution in [0, 0.1) is 17.5 Å². The van der Waals surface area contributed by atoms with Gasteiger partial charge < -0.3 is 14.4 Å². The van der Waals surface area contributed by atoms with Crippen molar-refractivity contribution in [3.8, 4) is 0 Å². The van der Waals surface area contributed by atoms with Gasteiger partial charge in [0, 0.05) is 11.8 Å². The molecule has 3 rings (SSSR count). The molecule has 1 aromatic heterocycles. The van der Waals surface area contributed by atoms with Gasteiger partial charge in [-0.1, -0.05) is 0 Å². The first kappa shape index (κ1) is 18.4. The number of hydrogen-bond acceptors (Lipinski definition) is 4. The van der Waals surface area contributed by atoms with Gasteiger partial charge in [-0.2, -0.15) is 0 Å². The smallest absolute Gasteiger partial charge is 0.343 e. The minimum atomic E-state index is -1.49. The summed E-state index contributed by atoms with van der Waals surface area (Å²) in [6, 6.07) is -0.780. The molecule has 2 aromatic rings. The van der Waals surface area contributed by atoms with Crippen LogP contribution >= 0.6 is 0 Å². The van der Waals surface area contributed by atoms with Crippen molar-refractivity contribution in [1.82, 2.24) is 4.57 Å². The molecule has 1 unspecified atom stereocenters. The topological polar surface area (TPSA) is 68.5 Å². The fourth-order valence-corrected chi connectivity index (χ4v) is 3.03. The SMILES string of the molecule is CCOC(=O)c1cn(C(C)CO)c2c(F)c(C3CC3)c(F)c(F)c2c1=O. The minimum absolute atomic E-state index is 0.0301. The molecule has 1 heterocycles. The van der Waals surface area contributed by atoms with Crippen LogP contribution in [0.25, 0.3) is 10.9 Å². The molecule has 140 valence electrons. The lowest BCUT2D eigenvalue weighted by Crippen LogP contribution is -2.25. The maximum absolute atomic E-state index is 15.1. The summed E-state index contributed by atoms with van der Waals surface area (Å²) in [6.45, 7) is 2.53. The molecule has 1 atom stereocenters. The Kier molecular flexibility index (Phi) is 4.79. The van der Waals surface area contributed by atoms with Crippen molar-refractivity contribution < 1.29 is 27.8 Å². The predicted molar refractivity (Wildman–Crippen MR) is 87.8 cm³/mol. The zero-order valence-electron chi connectivity index (χ0n) is 14.3. The number of aliphatic hydroxyl groups excluding tert-OH is 1. The molecular formula is C18H18F3NO4. The summed E-state index contributed by atoms with van der Waals surface area (Å²) in [7, 11) is 0. The number of carbonyl (C=O) groups is 1. The van der Waals surface area contributed by atoms with Crippen LogP contribution in [0.2, 0.25) is 0 Å². The molecule has 0 bridgehead atoms. The van der Waals surface area contributed by atoms with Gasteiger partial charge in [-0.25, -0.2) is 18.0 Å². The molecular weight excluding hydrogens is 351 g/mol. The highest BCUT2D eigenvalue weighted by Gasteiger charge is 2.35. The van der Waals surface area contributed by atoms with E-state index in [1.807, 2.05) is 0 Å². The van der Waals surface area contributed by atoms with Crippen LogP contribution in [0.4, 0.5) is 13.2 Å². The maximum Gasteiger partial charge on any atom is 0.343 e. The monoisotopic (exact) mass is 369 g/mol. The summed E-state index contributed by atoms with van der Waals surface area (Å²) in [5.41, 5.74) is -2.53. The number of benzene rings is 1. The number of esters is 1. The average Bonchev–Trinajstić information content (AvgIpc) is 3.44. The molecule has 8 heteroatoms. The van der Waals surface area contributed by atoms with E-state index in [4.69, 9.17) is 4.74 Å². The summed E-state index contributed by atoms with van der Waals surface area (Å²) >= 11 is 0. The van der Waals surface area contributed by atoms with Gasteiger partial charge in [-0.3, -0.25) is 4.79 Å². The Labute approximate surface area is 147 Å². The highest BCUT2D eigenvalue weighted by Crippen LogP contribution is 2.44. The van der Waals surface area contributed by atoms with Gasteiger partial charge in [0.2, 0.25) is 5.43 Å². The van der Waals surface area contributed by atoms with Crippen LogP contribution in [0.15, 0.2) is 11.0 Å². The second-order valence-corrected chi connectivity index (χ2v) is 6.38. The first-order valence-electron chi connectivity index (χ1n) is 8.36.